The van der Waals surface area contributed by atoms with Crippen molar-refractivity contribution in [3.63, 3.8) is 0 Å². The number of anilines is 1. The fourth-order valence-electron chi connectivity index (χ4n) is 3.19. The molecule has 100 valence electrons. The Morgan fingerprint density at radius 3 is 2.37 bits per heavy atom. The van der Waals surface area contributed by atoms with Crippen LogP contribution in [0.25, 0.3) is 11.3 Å². The normalized spacial score (nSPS) is 14.4. The molecule has 1 heterocycles. The molecule has 4 heteroatoms. The average molecular weight is 257 g/mol. The van der Waals surface area contributed by atoms with E-state index in [2.05, 4.69) is 17.1 Å². The Bertz CT molecular complexity index is 643. The van der Waals surface area contributed by atoms with Crippen molar-refractivity contribution in [2.75, 3.05) is 5.73 Å². The third kappa shape index (κ3) is 1.79. The number of rotatable bonds is 1. The molecule has 0 radical (unpaired) electrons. The quantitative estimate of drug-likeness (QED) is 0.735. The Hall–Kier alpha value is -1.97. The van der Waals surface area contributed by atoms with Crippen molar-refractivity contribution in [3.05, 3.63) is 28.3 Å². The summed E-state index contributed by atoms with van der Waals surface area (Å²) in [5.74, 6) is 0.811. The third-order valence-corrected chi connectivity index (χ3v) is 4.21. The fraction of sp³-hybridized carbons (Fsp3) is 0.400. The van der Waals surface area contributed by atoms with Crippen LogP contribution in [0.1, 0.15) is 35.1 Å². The van der Waals surface area contributed by atoms with Crippen LogP contribution in [0.4, 0.5) is 5.82 Å². The van der Waals surface area contributed by atoms with Crippen LogP contribution in [0.2, 0.25) is 0 Å². The molecule has 1 aliphatic rings. The number of aromatic hydroxyl groups is 1. The molecule has 0 saturated carbocycles. The molecule has 0 fully saturated rings. The molecule has 1 aromatic carbocycles. The average Bonchev–Trinajstić information content (AvgIpc) is 2.83. The molecule has 1 aliphatic carbocycles. The molecule has 0 amide bonds. The minimum absolute atomic E-state index is 0.363. The second-order valence-corrected chi connectivity index (χ2v) is 5.34. The van der Waals surface area contributed by atoms with Gasteiger partial charge in [-0.3, -0.25) is 5.10 Å². The molecule has 0 unspecified atom stereocenters. The van der Waals surface area contributed by atoms with Crippen molar-refractivity contribution in [2.24, 2.45) is 0 Å². The number of benzene rings is 1. The summed E-state index contributed by atoms with van der Waals surface area (Å²) in [6.07, 6.45) is 4.60. The molecule has 19 heavy (non-hydrogen) atoms. The van der Waals surface area contributed by atoms with Gasteiger partial charge in [0.25, 0.3) is 0 Å². The van der Waals surface area contributed by atoms with Gasteiger partial charge in [-0.2, -0.15) is 5.10 Å². The van der Waals surface area contributed by atoms with Gasteiger partial charge in [0.1, 0.15) is 11.6 Å². The summed E-state index contributed by atoms with van der Waals surface area (Å²) in [7, 11) is 0. The highest BCUT2D eigenvalue weighted by molar-refractivity contribution is 5.76. The summed E-state index contributed by atoms with van der Waals surface area (Å²) in [5.41, 5.74) is 12.2. The zero-order valence-corrected chi connectivity index (χ0v) is 11.4. The van der Waals surface area contributed by atoms with E-state index < -0.39 is 0 Å². The number of nitrogen functional groups attached to an aromatic ring is 1. The van der Waals surface area contributed by atoms with Gasteiger partial charge in [-0.1, -0.05) is 0 Å². The van der Waals surface area contributed by atoms with Gasteiger partial charge in [0.15, 0.2) is 0 Å². The van der Waals surface area contributed by atoms with Crippen LogP contribution >= 0.6 is 0 Å². The van der Waals surface area contributed by atoms with E-state index in [0.717, 1.165) is 35.2 Å². The lowest BCUT2D eigenvalue weighted by Gasteiger charge is -2.24. The molecular weight excluding hydrogens is 238 g/mol. The van der Waals surface area contributed by atoms with Gasteiger partial charge in [-0.05, 0) is 61.8 Å². The highest BCUT2D eigenvalue weighted by Crippen LogP contribution is 2.41. The Balaban J connectivity index is 2.28. The molecule has 0 aliphatic heterocycles. The van der Waals surface area contributed by atoms with E-state index in [4.69, 9.17) is 5.73 Å². The first-order valence-corrected chi connectivity index (χ1v) is 6.74. The summed E-state index contributed by atoms with van der Waals surface area (Å²) >= 11 is 0. The maximum atomic E-state index is 10.5. The molecule has 2 aromatic rings. The van der Waals surface area contributed by atoms with Gasteiger partial charge in [-0.15, -0.1) is 0 Å². The predicted octanol–water partition coefficient (Wildman–Crippen LogP) is 2.86. The minimum Gasteiger partial charge on any atom is -0.507 e. The van der Waals surface area contributed by atoms with Gasteiger partial charge >= 0.3 is 0 Å². The predicted molar refractivity (Wildman–Crippen MR) is 76.2 cm³/mol. The summed E-state index contributed by atoms with van der Waals surface area (Å²) < 4.78 is 0. The van der Waals surface area contributed by atoms with Crippen LogP contribution in [-0.4, -0.2) is 15.3 Å². The number of nitrogens with two attached hydrogens (primary N) is 1. The Morgan fingerprint density at radius 1 is 1.16 bits per heavy atom. The van der Waals surface area contributed by atoms with Gasteiger partial charge in [0.05, 0.1) is 5.69 Å². The number of phenolic OH excluding ortho intramolecular Hbond substituents is 1. The molecule has 4 nitrogen and oxygen atoms in total. The summed E-state index contributed by atoms with van der Waals surface area (Å²) in [6.45, 7) is 4.08. The Kier molecular flexibility index (Phi) is 2.73. The maximum absolute atomic E-state index is 10.5. The number of hydrogen-bond donors (Lipinski definition) is 3. The number of aromatic amines is 1. The number of H-pyrrole nitrogens is 1. The van der Waals surface area contributed by atoms with Crippen LogP contribution in [0.15, 0.2) is 6.07 Å². The molecule has 3 rings (SSSR count). The number of hydrogen-bond acceptors (Lipinski definition) is 3. The monoisotopic (exact) mass is 257 g/mol. The number of nitrogens with zero attached hydrogens (tertiary/aromatic N) is 1. The number of nitrogens with one attached hydrogen (secondary N) is 1. The summed E-state index contributed by atoms with van der Waals surface area (Å²) in [6, 6.07) is 1.77. The lowest BCUT2D eigenvalue weighted by atomic mass is 9.82. The molecule has 0 spiro atoms. The van der Waals surface area contributed by atoms with Gasteiger partial charge in [0, 0.05) is 11.6 Å². The summed E-state index contributed by atoms with van der Waals surface area (Å²) in [5, 5.41) is 17.4. The Labute approximate surface area is 112 Å². The van der Waals surface area contributed by atoms with Crippen LogP contribution in [-0.2, 0) is 12.8 Å². The molecule has 0 bridgehead atoms. The minimum atomic E-state index is 0.363. The first-order valence-electron chi connectivity index (χ1n) is 6.74. The number of fused-ring (bicyclic) bond motifs is 1. The standard InChI is InChI=1S/C15H19N3O/c1-8-10-5-3-4-6-11(10)9(2)15(19)14(8)12-7-13(16)18-17-12/h7,19H,3-6H2,1-2H3,(H3,16,17,18). The summed E-state index contributed by atoms with van der Waals surface area (Å²) in [4.78, 5) is 0. The van der Waals surface area contributed by atoms with E-state index in [1.54, 1.807) is 6.07 Å². The van der Waals surface area contributed by atoms with Gasteiger partial charge < -0.3 is 10.8 Å². The van der Waals surface area contributed by atoms with Crippen LogP contribution in [0.3, 0.4) is 0 Å². The van der Waals surface area contributed by atoms with Crippen molar-refractivity contribution >= 4 is 5.82 Å². The first-order chi connectivity index (χ1) is 9.09. The first kappa shape index (κ1) is 12.1. The molecule has 0 atom stereocenters. The molecule has 1 aromatic heterocycles. The van der Waals surface area contributed by atoms with E-state index in [1.807, 2.05) is 6.92 Å². The highest BCUT2D eigenvalue weighted by atomic mass is 16.3. The van der Waals surface area contributed by atoms with Crippen LogP contribution in [0.5, 0.6) is 5.75 Å². The molecule has 4 N–H and O–H groups in total. The zero-order valence-electron chi connectivity index (χ0n) is 11.4. The second-order valence-electron chi connectivity index (χ2n) is 5.34. The van der Waals surface area contributed by atoms with Gasteiger partial charge in [0.2, 0.25) is 0 Å². The molecule has 0 saturated heterocycles. The third-order valence-electron chi connectivity index (χ3n) is 4.21. The SMILES string of the molecule is Cc1c(O)c(-c2cc(N)n[nH]2)c(C)c2c1CCCC2. The van der Waals surface area contributed by atoms with E-state index in [9.17, 15) is 5.11 Å². The lowest BCUT2D eigenvalue weighted by Crippen LogP contribution is -2.08. The fourth-order valence-corrected chi connectivity index (χ4v) is 3.19. The van der Waals surface area contributed by atoms with E-state index in [-0.39, 0.29) is 0 Å². The van der Waals surface area contributed by atoms with E-state index in [1.165, 1.54) is 24.0 Å². The highest BCUT2D eigenvalue weighted by Gasteiger charge is 2.22. The zero-order chi connectivity index (χ0) is 13.6. The lowest BCUT2D eigenvalue weighted by molar-refractivity contribution is 0.470. The largest absolute Gasteiger partial charge is 0.507 e. The van der Waals surface area contributed by atoms with E-state index in [0.29, 0.717) is 11.6 Å². The van der Waals surface area contributed by atoms with Crippen molar-refractivity contribution in [1.29, 1.82) is 0 Å². The number of aromatic nitrogens is 2. The maximum Gasteiger partial charge on any atom is 0.145 e. The number of phenols is 1. The van der Waals surface area contributed by atoms with Gasteiger partial charge in [-0.25, -0.2) is 0 Å². The smallest absolute Gasteiger partial charge is 0.145 e. The van der Waals surface area contributed by atoms with Crippen molar-refractivity contribution in [2.45, 2.75) is 39.5 Å². The second kappa shape index (κ2) is 4.30. The Morgan fingerprint density at radius 2 is 1.79 bits per heavy atom. The van der Waals surface area contributed by atoms with Crippen molar-refractivity contribution in [3.8, 4) is 17.0 Å². The topological polar surface area (TPSA) is 74.9 Å². The molecular formula is C15H19N3O. The van der Waals surface area contributed by atoms with Crippen LogP contribution < -0.4 is 5.73 Å². The van der Waals surface area contributed by atoms with Crippen molar-refractivity contribution < 1.29 is 5.11 Å². The van der Waals surface area contributed by atoms with Crippen LogP contribution in [0, 0.1) is 13.8 Å². The van der Waals surface area contributed by atoms with Crippen molar-refractivity contribution in [1.82, 2.24) is 10.2 Å². The van der Waals surface area contributed by atoms with E-state index >= 15 is 0 Å².